The summed E-state index contributed by atoms with van der Waals surface area (Å²) in [6.45, 7) is 0. The van der Waals surface area contributed by atoms with Crippen molar-refractivity contribution < 1.29 is 13.2 Å². The van der Waals surface area contributed by atoms with E-state index in [1.165, 1.54) is 11.3 Å². The minimum absolute atomic E-state index is 0.0530. The molecule has 2 aromatic heterocycles. The number of carbonyl (C=O) groups excluding carboxylic acids is 1. The summed E-state index contributed by atoms with van der Waals surface area (Å²) in [5, 5.41) is 11.4. The molecule has 1 aliphatic rings. The summed E-state index contributed by atoms with van der Waals surface area (Å²) in [7, 11) is -3.07. The van der Waals surface area contributed by atoms with Crippen LogP contribution in [0.3, 0.4) is 0 Å². The number of nitrogens with zero attached hydrogens (tertiary/aromatic N) is 2. The van der Waals surface area contributed by atoms with Gasteiger partial charge >= 0.3 is 0 Å². The van der Waals surface area contributed by atoms with Crippen molar-refractivity contribution in [1.82, 2.24) is 9.78 Å². The van der Waals surface area contributed by atoms with Crippen molar-refractivity contribution in [3.8, 4) is 10.6 Å². The maximum Gasteiger partial charge on any atom is 0.276 e. The van der Waals surface area contributed by atoms with Crippen LogP contribution < -0.4 is 5.32 Å². The van der Waals surface area contributed by atoms with Crippen molar-refractivity contribution in [1.29, 1.82) is 0 Å². The van der Waals surface area contributed by atoms with Gasteiger partial charge in [0.15, 0.2) is 15.5 Å². The molecule has 0 radical (unpaired) electrons. The van der Waals surface area contributed by atoms with Crippen molar-refractivity contribution >= 4 is 43.5 Å². The first-order valence-electron chi connectivity index (χ1n) is 9.63. The van der Waals surface area contributed by atoms with Crippen LogP contribution in [-0.4, -0.2) is 35.6 Å². The van der Waals surface area contributed by atoms with Gasteiger partial charge in [-0.2, -0.15) is 5.10 Å². The zero-order chi connectivity index (χ0) is 20.7. The van der Waals surface area contributed by atoms with Crippen LogP contribution in [0.15, 0.2) is 66.0 Å². The van der Waals surface area contributed by atoms with Crippen molar-refractivity contribution in [2.24, 2.45) is 0 Å². The molecule has 1 atom stereocenters. The number of sulfone groups is 1. The number of rotatable bonds is 4. The van der Waals surface area contributed by atoms with Crippen LogP contribution >= 0.6 is 11.3 Å². The maximum absolute atomic E-state index is 13.0. The van der Waals surface area contributed by atoms with E-state index in [2.05, 4.69) is 10.4 Å². The van der Waals surface area contributed by atoms with Gasteiger partial charge in [-0.25, -0.2) is 8.42 Å². The van der Waals surface area contributed by atoms with E-state index in [4.69, 9.17) is 0 Å². The Morgan fingerprint density at radius 3 is 2.70 bits per heavy atom. The number of hydrogen-bond donors (Lipinski definition) is 1. The van der Waals surface area contributed by atoms with Gasteiger partial charge in [0.1, 0.15) is 0 Å². The molecule has 4 aromatic rings. The van der Waals surface area contributed by atoms with Crippen molar-refractivity contribution in [3.05, 3.63) is 71.7 Å². The highest BCUT2D eigenvalue weighted by atomic mass is 32.2. The quantitative estimate of drug-likeness (QED) is 0.514. The van der Waals surface area contributed by atoms with E-state index in [1.807, 2.05) is 60.0 Å². The predicted molar refractivity (Wildman–Crippen MR) is 120 cm³/mol. The zero-order valence-electron chi connectivity index (χ0n) is 16.0. The molecule has 8 heteroatoms. The summed E-state index contributed by atoms with van der Waals surface area (Å²) >= 11 is 1.54. The molecular weight excluding hydrogens is 418 g/mol. The van der Waals surface area contributed by atoms with E-state index in [0.717, 1.165) is 21.3 Å². The molecule has 1 amide bonds. The summed E-state index contributed by atoms with van der Waals surface area (Å²) in [6, 6.07) is 19.0. The third-order valence-corrected chi connectivity index (χ3v) is 7.98. The fourth-order valence-electron chi connectivity index (χ4n) is 3.88. The van der Waals surface area contributed by atoms with E-state index in [9.17, 15) is 13.2 Å². The van der Waals surface area contributed by atoms with Crippen LogP contribution in [0, 0.1) is 0 Å². The van der Waals surface area contributed by atoms with Crippen molar-refractivity contribution in [2.75, 3.05) is 16.8 Å². The fraction of sp³-hybridized carbons (Fsp3) is 0.182. The summed E-state index contributed by atoms with van der Waals surface area (Å²) in [6.07, 6.45) is 0.507. The monoisotopic (exact) mass is 437 g/mol. The molecule has 1 aliphatic heterocycles. The summed E-state index contributed by atoms with van der Waals surface area (Å²) in [4.78, 5) is 14.0. The van der Waals surface area contributed by atoms with Gasteiger partial charge < -0.3 is 5.32 Å². The number of nitrogens with one attached hydrogen (secondary N) is 1. The largest absolute Gasteiger partial charge is 0.320 e. The van der Waals surface area contributed by atoms with Crippen LogP contribution in [0.2, 0.25) is 0 Å². The molecule has 6 nitrogen and oxygen atoms in total. The number of fused-ring (bicyclic) bond motifs is 1. The van der Waals surface area contributed by atoms with Crippen LogP contribution in [0.1, 0.15) is 23.0 Å². The average Bonchev–Trinajstić information content (AvgIpc) is 3.47. The predicted octanol–water partition coefficient (Wildman–Crippen LogP) is 4.38. The summed E-state index contributed by atoms with van der Waals surface area (Å²) in [5.41, 5.74) is 1.76. The van der Waals surface area contributed by atoms with Gasteiger partial charge in [-0.1, -0.05) is 42.5 Å². The van der Waals surface area contributed by atoms with E-state index in [-0.39, 0.29) is 29.1 Å². The molecule has 5 rings (SSSR count). The molecule has 0 bridgehead atoms. The molecule has 1 saturated heterocycles. The SMILES string of the molecule is O=C(Nc1cccc2ccccc12)c1cc(-c2cccs2)n(C2CCS(=O)(=O)C2)n1. The second kappa shape index (κ2) is 7.37. The van der Waals surface area contributed by atoms with Gasteiger partial charge in [-0.15, -0.1) is 11.3 Å². The second-order valence-electron chi connectivity index (χ2n) is 7.37. The Morgan fingerprint density at radius 2 is 1.93 bits per heavy atom. The Bertz CT molecular complexity index is 1340. The molecule has 30 heavy (non-hydrogen) atoms. The lowest BCUT2D eigenvalue weighted by molar-refractivity contribution is 0.102. The molecule has 152 valence electrons. The lowest BCUT2D eigenvalue weighted by atomic mass is 10.1. The first kappa shape index (κ1) is 19.0. The standard InChI is InChI=1S/C22H19N3O3S2/c26-22(23-18-8-3-6-15-5-1-2-7-17(15)18)19-13-20(21-9-4-11-29-21)25(24-19)16-10-12-30(27,28)14-16/h1-9,11,13,16H,10,12,14H2,(H,23,26). The van der Waals surface area contributed by atoms with Crippen molar-refractivity contribution in [3.63, 3.8) is 0 Å². The van der Waals surface area contributed by atoms with Crippen LogP contribution in [0.25, 0.3) is 21.3 Å². The maximum atomic E-state index is 13.0. The normalized spacial score (nSPS) is 17.9. The lowest BCUT2D eigenvalue weighted by Gasteiger charge is -2.12. The van der Waals surface area contributed by atoms with Crippen LogP contribution in [-0.2, 0) is 9.84 Å². The highest BCUT2D eigenvalue weighted by Crippen LogP contribution is 2.32. The van der Waals surface area contributed by atoms with Gasteiger partial charge in [0.25, 0.3) is 5.91 Å². The number of thiophene rings is 1. The molecule has 2 aromatic carbocycles. The molecule has 1 unspecified atom stereocenters. The molecule has 0 aliphatic carbocycles. The Hall–Kier alpha value is -2.97. The van der Waals surface area contributed by atoms with Gasteiger partial charge in [0.05, 0.1) is 28.1 Å². The number of carbonyl (C=O) groups is 1. The van der Waals surface area contributed by atoms with Gasteiger partial charge in [0, 0.05) is 11.1 Å². The smallest absolute Gasteiger partial charge is 0.276 e. The van der Waals surface area contributed by atoms with E-state index >= 15 is 0 Å². The third kappa shape index (κ3) is 3.53. The van der Waals surface area contributed by atoms with E-state index in [1.54, 1.807) is 10.7 Å². The molecule has 3 heterocycles. The number of amides is 1. The number of hydrogen-bond acceptors (Lipinski definition) is 5. The highest BCUT2D eigenvalue weighted by Gasteiger charge is 2.32. The van der Waals surface area contributed by atoms with Gasteiger partial charge in [-0.05, 0) is 35.4 Å². The molecule has 0 spiro atoms. The Morgan fingerprint density at radius 1 is 1.10 bits per heavy atom. The zero-order valence-corrected chi connectivity index (χ0v) is 17.6. The fourth-order valence-corrected chi connectivity index (χ4v) is 6.31. The first-order chi connectivity index (χ1) is 14.5. The Balaban J connectivity index is 1.51. The van der Waals surface area contributed by atoms with Gasteiger partial charge in [0.2, 0.25) is 0 Å². The van der Waals surface area contributed by atoms with Crippen LogP contribution in [0.5, 0.6) is 0 Å². The average molecular weight is 438 g/mol. The summed E-state index contributed by atoms with van der Waals surface area (Å²) < 4.78 is 25.7. The lowest BCUT2D eigenvalue weighted by Crippen LogP contribution is -2.16. The number of benzene rings is 2. The van der Waals surface area contributed by atoms with Gasteiger partial charge in [-0.3, -0.25) is 9.48 Å². The molecule has 1 N–H and O–H groups in total. The van der Waals surface area contributed by atoms with E-state index < -0.39 is 9.84 Å². The van der Waals surface area contributed by atoms with Crippen LogP contribution in [0.4, 0.5) is 5.69 Å². The summed E-state index contributed by atoms with van der Waals surface area (Å²) in [5.74, 6) is -0.111. The molecular formula is C22H19N3O3S2. The number of aromatic nitrogens is 2. The van der Waals surface area contributed by atoms with Crippen molar-refractivity contribution in [2.45, 2.75) is 12.5 Å². The first-order valence-corrected chi connectivity index (χ1v) is 12.3. The molecule has 0 saturated carbocycles. The minimum Gasteiger partial charge on any atom is -0.320 e. The Labute approximate surface area is 178 Å². The van der Waals surface area contributed by atoms with E-state index in [0.29, 0.717) is 12.1 Å². The topological polar surface area (TPSA) is 81.1 Å². The Kier molecular flexibility index (Phi) is 4.67. The minimum atomic E-state index is -3.07. The third-order valence-electron chi connectivity index (χ3n) is 5.33. The number of anilines is 1. The molecule has 1 fully saturated rings. The highest BCUT2D eigenvalue weighted by molar-refractivity contribution is 7.91. The second-order valence-corrected chi connectivity index (χ2v) is 10.6.